The van der Waals surface area contributed by atoms with E-state index in [4.69, 9.17) is 10.5 Å². The van der Waals surface area contributed by atoms with E-state index in [1.807, 2.05) is 13.0 Å². The zero-order chi connectivity index (χ0) is 28.2. The van der Waals surface area contributed by atoms with E-state index in [1.165, 1.54) is 12.1 Å². The second-order valence-electron chi connectivity index (χ2n) is 9.82. The van der Waals surface area contributed by atoms with Gasteiger partial charge in [-0.25, -0.2) is 4.39 Å². The summed E-state index contributed by atoms with van der Waals surface area (Å²) in [5, 5.41) is 19.6. The maximum Gasteiger partial charge on any atom is 0.243 e. The lowest BCUT2D eigenvalue weighted by atomic mass is 9.99. The molecule has 3 rings (SSSR count). The number of rotatable bonds is 8. The molecule has 0 fully saturated rings. The van der Waals surface area contributed by atoms with Gasteiger partial charge in [0, 0.05) is 38.0 Å². The number of halogens is 1. The topological polar surface area (TPSA) is 156 Å². The number of amides is 3. The van der Waals surface area contributed by atoms with Crippen LogP contribution in [-0.2, 0) is 33.8 Å². The van der Waals surface area contributed by atoms with Crippen molar-refractivity contribution >= 4 is 17.7 Å². The van der Waals surface area contributed by atoms with Crippen molar-refractivity contribution in [3.05, 3.63) is 59.2 Å². The second kappa shape index (κ2) is 15.1. The minimum absolute atomic E-state index is 0.0762. The first kappa shape index (κ1) is 30.0. The van der Waals surface area contributed by atoms with Gasteiger partial charge in [-0.3, -0.25) is 19.4 Å². The summed E-state index contributed by atoms with van der Waals surface area (Å²) in [6.07, 6.45) is 5.05. The van der Waals surface area contributed by atoms with Crippen molar-refractivity contribution in [2.24, 2.45) is 5.73 Å². The van der Waals surface area contributed by atoms with E-state index in [1.54, 1.807) is 18.5 Å². The Morgan fingerprint density at radius 3 is 2.74 bits per heavy atom. The summed E-state index contributed by atoms with van der Waals surface area (Å²) < 4.78 is 20.1. The average molecular weight is 544 g/mol. The van der Waals surface area contributed by atoms with Gasteiger partial charge in [0.15, 0.2) is 0 Å². The zero-order valence-electron chi connectivity index (χ0n) is 22.2. The molecule has 3 amide bonds. The number of fused-ring (bicyclic) bond motifs is 2. The summed E-state index contributed by atoms with van der Waals surface area (Å²) in [6.45, 7) is 2.94. The van der Waals surface area contributed by atoms with Gasteiger partial charge in [0.05, 0.1) is 25.2 Å². The number of hydrogen-bond donors (Lipinski definition) is 5. The molecule has 1 aromatic heterocycles. The van der Waals surface area contributed by atoms with Gasteiger partial charge in [-0.1, -0.05) is 13.0 Å². The van der Waals surface area contributed by atoms with Crippen LogP contribution in [0.2, 0.25) is 0 Å². The quantitative estimate of drug-likeness (QED) is 0.336. The summed E-state index contributed by atoms with van der Waals surface area (Å²) in [7, 11) is 0. The van der Waals surface area contributed by atoms with Crippen LogP contribution in [0.15, 0.2) is 36.7 Å². The Hall–Kier alpha value is -3.57. The first-order valence-corrected chi connectivity index (χ1v) is 13.4. The van der Waals surface area contributed by atoms with E-state index in [0.29, 0.717) is 43.7 Å². The van der Waals surface area contributed by atoms with Crippen LogP contribution in [0.5, 0.6) is 5.75 Å². The molecule has 212 valence electrons. The van der Waals surface area contributed by atoms with Crippen molar-refractivity contribution in [3.8, 4) is 5.75 Å². The SMILES string of the molecule is CCc1cncc(CNC[C@@H](O)[C@@H]2Cc3cc(F)cc(c3)OCCCCCC(=O)N[C@@H](CC(N)=O)C(=O)N2)c1. The maximum absolute atomic E-state index is 14.4. The third kappa shape index (κ3) is 10.3. The Labute approximate surface area is 227 Å². The number of ether oxygens (including phenoxy) is 1. The lowest BCUT2D eigenvalue weighted by Gasteiger charge is -2.27. The molecule has 6 N–H and O–H groups in total. The fourth-order valence-corrected chi connectivity index (χ4v) is 4.41. The van der Waals surface area contributed by atoms with Crippen molar-refractivity contribution in [2.75, 3.05) is 13.2 Å². The number of aliphatic hydroxyl groups is 1. The van der Waals surface area contributed by atoms with Gasteiger partial charge in [0.1, 0.15) is 17.6 Å². The van der Waals surface area contributed by atoms with E-state index in [9.17, 15) is 23.9 Å². The maximum atomic E-state index is 14.4. The van der Waals surface area contributed by atoms with Crippen LogP contribution in [0.3, 0.4) is 0 Å². The van der Waals surface area contributed by atoms with Crippen molar-refractivity contribution in [3.63, 3.8) is 0 Å². The largest absolute Gasteiger partial charge is 0.493 e. The molecule has 2 heterocycles. The Bertz CT molecular complexity index is 1130. The van der Waals surface area contributed by atoms with Crippen molar-refractivity contribution in [1.82, 2.24) is 20.9 Å². The Morgan fingerprint density at radius 2 is 1.97 bits per heavy atom. The highest BCUT2D eigenvalue weighted by Gasteiger charge is 2.28. The zero-order valence-corrected chi connectivity index (χ0v) is 22.2. The minimum atomic E-state index is -1.19. The van der Waals surface area contributed by atoms with Gasteiger partial charge in [-0.15, -0.1) is 0 Å². The van der Waals surface area contributed by atoms with Crippen LogP contribution in [0.1, 0.15) is 55.7 Å². The highest BCUT2D eigenvalue weighted by molar-refractivity contribution is 5.91. The number of nitrogens with two attached hydrogens (primary N) is 1. The number of aliphatic hydroxyl groups excluding tert-OH is 1. The number of carbonyl (C=O) groups excluding carboxylic acids is 3. The number of carbonyl (C=O) groups is 3. The fraction of sp³-hybridized carbons (Fsp3) is 0.500. The smallest absolute Gasteiger partial charge is 0.243 e. The third-order valence-electron chi connectivity index (χ3n) is 6.50. The molecule has 1 aliphatic heterocycles. The van der Waals surface area contributed by atoms with E-state index >= 15 is 0 Å². The fourth-order valence-electron chi connectivity index (χ4n) is 4.41. The van der Waals surface area contributed by atoms with Gasteiger partial charge in [-0.2, -0.15) is 0 Å². The Balaban J connectivity index is 1.80. The van der Waals surface area contributed by atoms with E-state index < -0.39 is 42.2 Å². The predicted molar refractivity (Wildman–Crippen MR) is 143 cm³/mol. The first-order valence-electron chi connectivity index (χ1n) is 13.4. The number of nitrogens with zero attached hydrogens (tertiary/aromatic N) is 1. The van der Waals surface area contributed by atoms with Crippen LogP contribution < -0.4 is 26.4 Å². The lowest BCUT2D eigenvalue weighted by molar-refractivity contribution is -0.132. The molecule has 39 heavy (non-hydrogen) atoms. The highest BCUT2D eigenvalue weighted by atomic mass is 19.1. The van der Waals surface area contributed by atoms with Crippen LogP contribution in [0, 0.1) is 5.82 Å². The number of hydrogen-bond acceptors (Lipinski definition) is 7. The Morgan fingerprint density at radius 1 is 1.18 bits per heavy atom. The molecule has 0 saturated carbocycles. The molecule has 2 aromatic rings. The van der Waals surface area contributed by atoms with E-state index in [0.717, 1.165) is 17.5 Å². The summed E-state index contributed by atoms with van der Waals surface area (Å²) in [6, 6.07) is 4.23. The van der Waals surface area contributed by atoms with Crippen LogP contribution in [-0.4, -0.2) is 59.2 Å². The normalized spacial score (nSPS) is 19.9. The molecule has 1 aliphatic rings. The second-order valence-corrected chi connectivity index (χ2v) is 9.82. The summed E-state index contributed by atoms with van der Waals surface area (Å²) in [5.41, 5.74) is 7.88. The molecule has 0 aliphatic carbocycles. The Kier molecular flexibility index (Phi) is 11.6. The molecule has 0 unspecified atom stereocenters. The molecule has 2 bridgehead atoms. The number of nitrogens with one attached hydrogen (secondary N) is 3. The van der Waals surface area contributed by atoms with E-state index in [2.05, 4.69) is 20.9 Å². The summed E-state index contributed by atoms with van der Waals surface area (Å²) in [4.78, 5) is 41.5. The van der Waals surface area contributed by atoms with Crippen molar-refractivity contribution in [2.45, 2.75) is 76.6 Å². The molecule has 0 saturated heterocycles. The molecule has 3 atom stereocenters. The number of benzene rings is 1. The van der Waals surface area contributed by atoms with Gasteiger partial charge >= 0.3 is 0 Å². The summed E-state index contributed by atoms with van der Waals surface area (Å²) >= 11 is 0. The average Bonchev–Trinajstić information content (AvgIpc) is 2.89. The van der Waals surface area contributed by atoms with Crippen LogP contribution in [0.25, 0.3) is 0 Å². The molecule has 0 radical (unpaired) electrons. The van der Waals surface area contributed by atoms with Gasteiger partial charge in [-0.05, 0) is 60.9 Å². The number of aromatic nitrogens is 1. The molecular weight excluding hydrogens is 505 g/mol. The molecular formula is C28H38FN5O5. The van der Waals surface area contributed by atoms with Gasteiger partial charge in [0.2, 0.25) is 17.7 Å². The lowest BCUT2D eigenvalue weighted by Crippen LogP contribution is -2.55. The van der Waals surface area contributed by atoms with Crippen LogP contribution in [0.4, 0.5) is 4.39 Å². The third-order valence-corrected chi connectivity index (χ3v) is 6.50. The van der Waals surface area contributed by atoms with Crippen LogP contribution >= 0.6 is 0 Å². The highest BCUT2D eigenvalue weighted by Crippen LogP contribution is 2.19. The molecule has 11 heteroatoms. The predicted octanol–water partition coefficient (Wildman–Crippen LogP) is 1.27. The van der Waals surface area contributed by atoms with Gasteiger partial charge < -0.3 is 31.5 Å². The number of pyridine rings is 1. The molecule has 0 spiro atoms. The standard InChI is InChI=1S/C28H38FN5O5/c1-2-18-8-20(15-31-14-18)16-32-17-25(35)23-11-19-9-21(29)12-22(10-19)39-7-5-3-4-6-27(37)33-24(13-26(30)36)28(38)34-23/h8-10,12,14-15,23-25,32,35H,2-7,11,13,16-17H2,1H3,(H2,30,36)(H,33,37)(H,34,38)/t23-,24-,25+/m0/s1. The van der Waals surface area contributed by atoms with Crippen molar-refractivity contribution < 1.29 is 28.6 Å². The number of primary amides is 1. The monoisotopic (exact) mass is 543 g/mol. The minimum Gasteiger partial charge on any atom is -0.493 e. The molecule has 1 aromatic carbocycles. The van der Waals surface area contributed by atoms with Gasteiger partial charge in [0.25, 0.3) is 0 Å². The van der Waals surface area contributed by atoms with Crippen molar-refractivity contribution in [1.29, 1.82) is 0 Å². The van der Waals surface area contributed by atoms with E-state index in [-0.39, 0.29) is 25.3 Å². The summed E-state index contributed by atoms with van der Waals surface area (Å²) in [5.74, 6) is -1.94. The first-order chi connectivity index (χ1) is 18.7. The molecule has 10 nitrogen and oxygen atoms in total. The number of aryl methyl sites for hydroxylation is 1.